The SMILES string of the molecule is COC(=O)CCN(CCCN(C)C)C(=O)CCN1C(=O)c2ccccc2C1=O. The van der Waals surface area contributed by atoms with Crippen molar-refractivity contribution in [1.29, 1.82) is 0 Å². The number of carbonyl (C=O) groups is 4. The Kier molecular flexibility index (Phi) is 7.69. The fourth-order valence-corrected chi connectivity index (χ4v) is 3.08. The summed E-state index contributed by atoms with van der Waals surface area (Å²) in [6.07, 6.45) is 0.888. The Morgan fingerprint density at radius 2 is 1.57 bits per heavy atom. The number of hydrogen-bond acceptors (Lipinski definition) is 6. The zero-order chi connectivity index (χ0) is 20.7. The maximum atomic E-state index is 12.7. The summed E-state index contributed by atoms with van der Waals surface area (Å²) in [5.74, 6) is -1.32. The fraction of sp³-hybridized carbons (Fsp3) is 0.500. The van der Waals surface area contributed by atoms with E-state index in [9.17, 15) is 19.2 Å². The number of benzene rings is 1. The van der Waals surface area contributed by atoms with Gasteiger partial charge in [0.15, 0.2) is 0 Å². The van der Waals surface area contributed by atoms with Gasteiger partial charge in [-0.15, -0.1) is 0 Å². The van der Waals surface area contributed by atoms with E-state index in [2.05, 4.69) is 4.74 Å². The average Bonchev–Trinajstić information content (AvgIpc) is 2.92. The minimum absolute atomic E-state index is 0.0214. The van der Waals surface area contributed by atoms with Gasteiger partial charge in [-0.05, 0) is 39.2 Å². The Morgan fingerprint density at radius 1 is 0.964 bits per heavy atom. The van der Waals surface area contributed by atoms with Crippen molar-refractivity contribution >= 4 is 23.7 Å². The third-order valence-electron chi connectivity index (χ3n) is 4.63. The summed E-state index contributed by atoms with van der Waals surface area (Å²) in [6.45, 7) is 1.57. The van der Waals surface area contributed by atoms with Gasteiger partial charge < -0.3 is 14.5 Å². The van der Waals surface area contributed by atoms with Crippen LogP contribution < -0.4 is 0 Å². The predicted molar refractivity (Wildman–Crippen MR) is 103 cm³/mol. The summed E-state index contributed by atoms with van der Waals surface area (Å²) in [4.78, 5) is 53.6. The lowest BCUT2D eigenvalue weighted by Gasteiger charge is -2.24. The zero-order valence-electron chi connectivity index (χ0n) is 16.6. The van der Waals surface area contributed by atoms with E-state index in [-0.39, 0.29) is 49.6 Å². The average molecular weight is 389 g/mol. The van der Waals surface area contributed by atoms with E-state index in [4.69, 9.17) is 0 Å². The van der Waals surface area contributed by atoms with Crippen molar-refractivity contribution in [1.82, 2.24) is 14.7 Å². The summed E-state index contributed by atoms with van der Waals surface area (Å²) in [6, 6.07) is 6.64. The summed E-state index contributed by atoms with van der Waals surface area (Å²) in [5, 5.41) is 0. The summed E-state index contributed by atoms with van der Waals surface area (Å²) < 4.78 is 4.65. The second-order valence-electron chi connectivity index (χ2n) is 6.92. The Hall–Kier alpha value is -2.74. The zero-order valence-corrected chi connectivity index (χ0v) is 16.6. The van der Waals surface area contributed by atoms with Gasteiger partial charge in [0.25, 0.3) is 11.8 Å². The summed E-state index contributed by atoms with van der Waals surface area (Å²) in [5.41, 5.74) is 0.738. The first kappa shape index (κ1) is 21.6. The van der Waals surface area contributed by atoms with Crippen LogP contribution in [0.3, 0.4) is 0 Å². The van der Waals surface area contributed by atoms with Crippen molar-refractivity contribution in [2.24, 2.45) is 0 Å². The number of hydrogen-bond donors (Lipinski definition) is 0. The van der Waals surface area contributed by atoms with Gasteiger partial charge in [0.05, 0.1) is 24.7 Å². The van der Waals surface area contributed by atoms with Crippen LogP contribution in [0.1, 0.15) is 40.0 Å². The normalized spacial score (nSPS) is 13.1. The van der Waals surface area contributed by atoms with Crippen LogP contribution >= 0.6 is 0 Å². The smallest absolute Gasteiger partial charge is 0.307 e. The van der Waals surface area contributed by atoms with Gasteiger partial charge in [-0.3, -0.25) is 24.1 Å². The molecule has 1 aromatic rings. The fourth-order valence-electron chi connectivity index (χ4n) is 3.08. The number of methoxy groups -OCH3 is 1. The standard InChI is InChI=1S/C20H27N3O5/c1-21(2)11-6-12-22(13-10-18(25)28-3)17(24)9-14-23-19(26)15-7-4-5-8-16(15)20(23)27/h4-5,7-8H,6,9-14H2,1-3H3. The summed E-state index contributed by atoms with van der Waals surface area (Å²) >= 11 is 0. The van der Waals surface area contributed by atoms with Gasteiger partial charge in [-0.2, -0.15) is 0 Å². The van der Waals surface area contributed by atoms with E-state index in [0.717, 1.165) is 17.9 Å². The third-order valence-corrected chi connectivity index (χ3v) is 4.63. The van der Waals surface area contributed by atoms with Gasteiger partial charge >= 0.3 is 5.97 Å². The van der Waals surface area contributed by atoms with E-state index < -0.39 is 0 Å². The van der Waals surface area contributed by atoms with Crippen LogP contribution in [0.25, 0.3) is 0 Å². The van der Waals surface area contributed by atoms with Crippen LogP contribution in [0.2, 0.25) is 0 Å². The van der Waals surface area contributed by atoms with Crippen molar-refractivity contribution in [3.63, 3.8) is 0 Å². The van der Waals surface area contributed by atoms with Crippen molar-refractivity contribution in [3.05, 3.63) is 35.4 Å². The number of fused-ring (bicyclic) bond motifs is 1. The van der Waals surface area contributed by atoms with E-state index in [0.29, 0.717) is 17.7 Å². The number of imide groups is 1. The molecule has 1 aliphatic heterocycles. The molecule has 0 fully saturated rings. The molecule has 0 saturated carbocycles. The largest absolute Gasteiger partial charge is 0.469 e. The molecule has 0 aromatic heterocycles. The summed E-state index contributed by atoms with van der Waals surface area (Å²) in [7, 11) is 5.20. The topological polar surface area (TPSA) is 87.2 Å². The molecular formula is C20H27N3O5. The van der Waals surface area contributed by atoms with Gasteiger partial charge in [-0.25, -0.2) is 0 Å². The highest BCUT2D eigenvalue weighted by molar-refractivity contribution is 6.21. The predicted octanol–water partition coefficient (Wildman–Crippen LogP) is 1.02. The molecule has 0 unspecified atom stereocenters. The molecule has 0 radical (unpaired) electrons. The quantitative estimate of drug-likeness (QED) is 0.439. The molecule has 1 heterocycles. The van der Waals surface area contributed by atoms with Crippen LogP contribution in [-0.4, -0.2) is 85.8 Å². The molecule has 0 N–H and O–H groups in total. The first-order valence-electron chi connectivity index (χ1n) is 9.29. The number of esters is 1. The Labute approximate surface area is 165 Å². The van der Waals surface area contributed by atoms with Crippen molar-refractivity contribution in [3.8, 4) is 0 Å². The number of ether oxygens (including phenoxy) is 1. The first-order valence-corrected chi connectivity index (χ1v) is 9.29. The Morgan fingerprint density at radius 3 is 2.11 bits per heavy atom. The van der Waals surface area contributed by atoms with E-state index >= 15 is 0 Å². The van der Waals surface area contributed by atoms with Gasteiger partial charge in [0.2, 0.25) is 5.91 Å². The van der Waals surface area contributed by atoms with Crippen molar-refractivity contribution in [2.75, 3.05) is 47.4 Å². The van der Waals surface area contributed by atoms with Gasteiger partial charge in [-0.1, -0.05) is 12.1 Å². The van der Waals surface area contributed by atoms with Gasteiger partial charge in [0, 0.05) is 26.1 Å². The van der Waals surface area contributed by atoms with Crippen molar-refractivity contribution in [2.45, 2.75) is 19.3 Å². The maximum Gasteiger partial charge on any atom is 0.307 e. The highest BCUT2D eigenvalue weighted by Gasteiger charge is 2.35. The van der Waals surface area contributed by atoms with E-state index in [1.54, 1.807) is 29.2 Å². The Balaban J connectivity index is 1.95. The minimum atomic E-state index is -0.384. The molecular weight excluding hydrogens is 362 g/mol. The molecule has 1 aromatic carbocycles. The minimum Gasteiger partial charge on any atom is -0.469 e. The molecule has 0 aliphatic carbocycles. The van der Waals surface area contributed by atoms with E-state index in [1.165, 1.54) is 7.11 Å². The number of carbonyl (C=O) groups excluding carboxylic acids is 4. The molecule has 152 valence electrons. The molecule has 8 nitrogen and oxygen atoms in total. The lowest BCUT2D eigenvalue weighted by molar-refractivity contribution is -0.141. The van der Waals surface area contributed by atoms with Gasteiger partial charge in [0.1, 0.15) is 0 Å². The number of rotatable bonds is 10. The second-order valence-corrected chi connectivity index (χ2v) is 6.92. The van der Waals surface area contributed by atoms with Crippen LogP contribution in [0.4, 0.5) is 0 Å². The molecule has 8 heteroatoms. The molecule has 2 rings (SSSR count). The second kappa shape index (κ2) is 9.98. The molecule has 0 atom stereocenters. The highest BCUT2D eigenvalue weighted by atomic mass is 16.5. The lowest BCUT2D eigenvalue weighted by atomic mass is 10.1. The number of nitrogens with zero attached hydrogens (tertiary/aromatic N) is 3. The Bertz CT molecular complexity index is 712. The van der Waals surface area contributed by atoms with Crippen LogP contribution in [-0.2, 0) is 14.3 Å². The maximum absolute atomic E-state index is 12.7. The monoisotopic (exact) mass is 389 g/mol. The molecule has 0 bridgehead atoms. The first-order chi connectivity index (χ1) is 13.3. The molecule has 0 saturated heterocycles. The number of amides is 3. The lowest BCUT2D eigenvalue weighted by Crippen LogP contribution is -2.39. The van der Waals surface area contributed by atoms with Crippen LogP contribution in [0.15, 0.2) is 24.3 Å². The molecule has 28 heavy (non-hydrogen) atoms. The molecule has 3 amide bonds. The third kappa shape index (κ3) is 5.39. The van der Waals surface area contributed by atoms with Crippen molar-refractivity contribution < 1.29 is 23.9 Å². The van der Waals surface area contributed by atoms with E-state index in [1.807, 2.05) is 19.0 Å². The molecule has 1 aliphatic rings. The van der Waals surface area contributed by atoms with Crippen LogP contribution in [0, 0.1) is 0 Å². The highest BCUT2D eigenvalue weighted by Crippen LogP contribution is 2.22. The molecule has 0 spiro atoms. The van der Waals surface area contributed by atoms with Crippen LogP contribution in [0.5, 0.6) is 0 Å².